The molecule has 0 N–H and O–H groups in total. The first kappa shape index (κ1) is 17.4. The highest BCUT2D eigenvalue weighted by Crippen LogP contribution is 2.25. The van der Waals surface area contributed by atoms with Crippen molar-refractivity contribution in [2.45, 2.75) is 0 Å². The zero-order chi connectivity index (χ0) is 18.4. The van der Waals surface area contributed by atoms with E-state index in [0.717, 1.165) is 22.3 Å². The smallest absolute Gasteiger partial charge is 0.123 e. The second-order valence-electron chi connectivity index (χ2n) is 5.71. The number of hydrogen-bond acceptors (Lipinski definition) is 0. The minimum absolute atomic E-state index is 0.310. The van der Waals surface area contributed by atoms with Gasteiger partial charge in [-0.1, -0.05) is 60.9 Å². The number of benzene rings is 3. The lowest BCUT2D eigenvalue weighted by Gasteiger charge is -2.09. The van der Waals surface area contributed by atoms with E-state index >= 15 is 0 Å². The normalized spacial score (nSPS) is 9.77. The van der Waals surface area contributed by atoms with Crippen molar-refractivity contribution >= 4 is 5.57 Å². The summed E-state index contributed by atoms with van der Waals surface area (Å²) in [5.41, 5.74) is 3.92. The molecule has 0 saturated heterocycles. The van der Waals surface area contributed by atoms with Gasteiger partial charge < -0.3 is 0 Å². The fourth-order valence-electron chi connectivity index (χ4n) is 2.48. The van der Waals surface area contributed by atoms with E-state index in [1.54, 1.807) is 24.3 Å². The first-order valence-corrected chi connectivity index (χ1v) is 8.11. The number of rotatable bonds is 3. The van der Waals surface area contributed by atoms with Crippen LogP contribution >= 0.6 is 0 Å². The summed E-state index contributed by atoms with van der Waals surface area (Å²) in [5.74, 6) is 5.46. The first-order chi connectivity index (χ1) is 12.6. The lowest BCUT2D eigenvalue weighted by atomic mass is 9.96. The van der Waals surface area contributed by atoms with Gasteiger partial charge in [0.15, 0.2) is 0 Å². The third kappa shape index (κ3) is 4.55. The van der Waals surface area contributed by atoms with Crippen LogP contribution in [0.1, 0.15) is 16.7 Å². The summed E-state index contributed by atoms with van der Waals surface area (Å²) in [7, 11) is 0. The Kier molecular flexibility index (Phi) is 5.41. The van der Waals surface area contributed by atoms with Crippen LogP contribution in [-0.2, 0) is 0 Å². The van der Waals surface area contributed by atoms with Gasteiger partial charge in [-0.2, -0.15) is 0 Å². The van der Waals surface area contributed by atoms with Crippen LogP contribution in [0.25, 0.3) is 5.57 Å². The molecule has 0 aliphatic carbocycles. The van der Waals surface area contributed by atoms with E-state index < -0.39 is 0 Å². The van der Waals surface area contributed by atoms with Gasteiger partial charge in [0.05, 0.1) is 0 Å². The van der Waals surface area contributed by atoms with E-state index in [-0.39, 0.29) is 11.6 Å². The molecule has 0 saturated carbocycles. The van der Waals surface area contributed by atoms with Gasteiger partial charge in [0.25, 0.3) is 0 Å². The third-order valence-corrected chi connectivity index (χ3v) is 3.77. The molecule has 0 nitrogen and oxygen atoms in total. The molecule has 3 aromatic carbocycles. The summed E-state index contributed by atoms with van der Waals surface area (Å²) in [5, 5.41) is 0. The van der Waals surface area contributed by atoms with Crippen molar-refractivity contribution in [1.29, 1.82) is 0 Å². The SMILES string of the molecule is C=C(C#Cc1ccccc1)C=C(c1ccc(F)cc1)c1ccc(F)cc1. The van der Waals surface area contributed by atoms with Gasteiger partial charge in [0.1, 0.15) is 11.6 Å². The van der Waals surface area contributed by atoms with Crippen molar-refractivity contribution in [3.63, 3.8) is 0 Å². The average molecular weight is 342 g/mol. The second kappa shape index (κ2) is 8.09. The van der Waals surface area contributed by atoms with Crippen LogP contribution < -0.4 is 0 Å². The molecule has 0 aliphatic heterocycles. The van der Waals surface area contributed by atoms with Crippen LogP contribution in [0.2, 0.25) is 0 Å². The van der Waals surface area contributed by atoms with Crippen molar-refractivity contribution < 1.29 is 8.78 Å². The van der Waals surface area contributed by atoms with Crippen LogP contribution in [0.5, 0.6) is 0 Å². The molecule has 3 rings (SSSR count). The molecule has 0 radical (unpaired) electrons. The molecule has 3 aromatic rings. The fourth-order valence-corrected chi connectivity index (χ4v) is 2.48. The topological polar surface area (TPSA) is 0 Å². The Morgan fingerprint density at radius 2 is 1.23 bits per heavy atom. The average Bonchev–Trinajstić information content (AvgIpc) is 2.67. The molecule has 0 unspecified atom stereocenters. The monoisotopic (exact) mass is 342 g/mol. The summed E-state index contributed by atoms with van der Waals surface area (Å²) < 4.78 is 26.5. The highest BCUT2D eigenvalue weighted by Gasteiger charge is 2.06. The lowest BCUT2D eigenvalue weighted by molar-refractivity contribution is 0.627. The maximum Gasteiger partial charge on any atom is 0.123 e. The zero-order valence-corrected chi connectivity index (χ0v) is 14.0. The van der Waals surface area contributed by atoms with E-state index in [1.165, 1.54) is 24.3 Å². The minimum Gasteiger partial charge on any atom is -0.207 e. The van der Waals surface area contributed by atoms with Gasteiger partial charge in [0.2, 0.25) is 0 Å². The Hall–Kier alpha value is -3.44. The van der Waals surface area contributed by atoms with Crippen molar-refractivity contribution in [3.8, 4) is 11.8 Å². The van der Waals surface area contributed by atoms with Gasteiger partial charge in [-0.05, 0) is 59.2 Å². The Bertz CT molecular complexity index is 937. The maximum atomic E-state index is 13.3. The van der Waals surface area contributed by atoms with Gasteiger partial charge in [-0.3, -0.25) is 0 Å². The molecule has 0 spiro atoms. The molecule has 26 heavy (non-hydrogen) atoms. The molecule has 0 atom stereocenters. The van der Waals surface area contributed by atoms with E-state index in [1.807, 2.05) is 36.4 Å². The number of hydrogen-bond donors (Lipinski definition) is 0. The molecular formula is C24H16F2. The van der Waals surface area contributed by atoms with E-state index in [0.29, 0.717) is 5.57 Å². The summed E-state index contributed by atoms with van der Waals surface area (Å²) >= 11 is 0. The van der Waals surface area contributed by atoms with Gasteiger partial charge in [0, 0.05) is 11.1 Å². The molecule has 0 aliphatic rings. The Morgan fingerprint density at radius 1 is 0.731 bits per heavy atom. The van der Waals surface area contributed by atoms with Crippen molar-refractivity contribution in [2.75, 3.05) is 0 Å². The lowest BCUT2D eigenvalue weighted by Crippen LogP contribution is -1.90. The summed E-state index contributed by atoms with van der Waals surface area (Å²) in [6.07, 6.45) is 1.83. The molecule has 0 amide bonds. The highest BCUT2D eigenvalue weighted by atomic mass is 19.1. The predicted octanol–water partition coefficient (Wildman–Crippen LogP) is 6.00. The molecule has 0 heterocycles. The van der Waals surface area contributed by atoms with Crippen LogP contribution in [0, 0.1) is 23.5 Å². The Balaban J connectivity index is 1.98. The molecule has 0 fully saturated rings. The minimum atomic E-state index is -0.310. The second-order valence-corrected chi connectivity index (χ2v) is 5.71. The van der Waals surface area contributed by atoms with E-state index in [9.17, 15) is 8.78 Å². The van der Waals surface area contributed by atoms with Crippen LogP contribution in [0.15, 0.2) is 97.1 Å². The maximum absolute atomic E-state index is 13.3. The van der Waals surface area contributed by atoms with Gasteiger partial charge in [-0.25, -0.2) is 8.78 Å². The number of halogens is 2. The number of allylic oxidation sites excluding steroid dienone is 2. The zero-order valence-electron chi connectivity index (χ0n) is 14.0. The predicted molar refractivity (Wildman–Crippen MR) is 102 cm³/mol. The van der Waals surface area contributed by atoms with Crippen LogP contribution in [0.3, 0.4) is 0 Å². The van der Waals surface area contributed by atoms with E-state index in [4.69, 9.17) is 0 Å². The highest BCUT2D eigenvalue weighted by molar-refractivity contribution is 5.82. The van der Waals surface area contributed by atoms with E-state index in [2.05, 4.69) is 18.4 Å². The van der Waals surface area contributed by atoms with Gasteiger partial charge in [-0.15, -0.1) is 0 Å². The van der Waals surface area contributed by atoms with Crippen LogP contribution in [-0.4, -0.2) is 0 Å². The van der Waals surface area contributed by atoms with Crippen molar-refractivity contribution in [2.24, 2.45) is 0 Å². The third-order valence-electron chi connectivity index (χ3n) is 3.77. The molecule has 0 aromatic heterocycles. The summed E-state index contributed by atoms with van der Waals surface area (Å²) in [6.45, 7) is 4.00. The summed E-state index contributed by atoms with van der Waals surface area (Å²) in [6, 6.07) is 21.9. The molecule has 2 heteroatoms. The van der Waals surface area contributed by atoms with Gasteiger partial charge >= 0.3 is 0 Å². The quantitative estimate of drug-likeness (QED) is 0.404. The largest absolute Gasteiger partial charge is 0.207 e. The fraction of sp³-hybridized carbons (Fsp3) is 0. The summed E-state index contributed by atoms with van der Waals surface area (Å²) in [4.78, 5) is 0. The van der Waals surface area contributed by atoms with Crippen molar-refractivity contribution in [1.82, 2.24) is 0 Å². The molecular weight excluding hydrogens is 326 g/mol. The Morgan fingerprint density at radius 3 is 1.73 bits per heavy atom. The Labute approximate surface area is 152 Å². The van der Waals surface area contributed by atoms with Crippen LogP contribution in [0.4, 0.5) is 8.78 Å². The molecule has 126 valence electrons. The first-order valence-electron chi connectivity index (χ1n) is 8.11. The standard InChI is InChI=1S/C24H16F2/c1-18(7-8-19-5-3-2-4-6-19)17-24(20-9-13-22(25)14-10-20)21-11-15-23(26)16-12-21/h2-6,9-17H,1H2. The van der Waals surface area contributed by atoms with Crippen molar-refractivity contribution in [3.05, 3.63) is 125 Å². The molecule has 0 bridgehead atoms.